The van der Waals surface area contributed by atoms with Gasteiger partial charge in [-0.3, -0.25) is 9.59 Å². The maximum absolute atomic E-state index is 13.3. The van der Waals surface area contributed by atoms with Gasteiger partial charge in [0.15, 0.2) is 0 Å². The maximum Gasteiger partial charge on any atom is 0.295 e. The second-order valence-corrected chi connectivity index (χ2v) is 9.11. The van der Waals surface area contributed by atoms with Crippen LogP contribution in [0.15, 0.2) is 84.4 Å². The molecule has 180 valence electrons. The molecule has 0 bridgehead atoms. The van der Waals surface area contributed by atoms with Gasteiger partial charge < -0.3 is 14.7 Å². The Morgan fingerprint density at radius 3 is 2.34 bits per heavy atom. The van der Waals surface area contributed by atoms with Crippen LogP contribution in [-0.4, -0.2) is 28.3 Å². The minimum atomic E-state index is -0.698. The zero-order valence-corrected chi connectivity index (χ0v) is 20.4. The van der Waals surface area contributed by atoms with Crippen LogP contribution in [0.3, 0.4) is 0 Å². The Hall–Kier alpha value is -3.86. The number of amides is 1. The van der Waals surface area contributed by atoms with Gasteiger partial charge in [-0.2, -0.15) is 0 Å². The molecular formula is C30H31NO4. The van der Waals surface area contributed by atoms with Crippen LogP contribution in [0.1, 0.15) is 61.4 Å². The minimum Gasteiger partial charge on any atom is -0.507 e. The molecular weight excluding hydrogens is 438 g/mol. The van der Waals surface area contributed by atoms with Gasteiger partial charge in [0.05, 0.1) is 18.2 Å². The number of carbonyl (C=O) groups is 2. The van der Waals surface area contributed by atoms with E-state index in [9.17, 15) is 14.7 Å². The summed E-state index contributed by atoms with van der Waals surface area (Å²) >= 11 is 0. The fourth-order valence-corrected chi connectivity index (χ4v) is 4.34. The minimum absolute atomic E-state index is 0.0934. The predicted octanol–water partition coefficient (Wildman–Crippen LogP) is 6.22. The molecule has 0 spiro atoms. The molecule has 0 saturated carbocycles. The molecule has 1 atom stereocenters. The highest BCUT2D eigenvalue weighted by Gasteiger charge is 2.46. The van der Waals surface area contributed by atoms with Gasteiger partial charge in [0, 0.05) is 12.1 Å². The van der Waals surface area contributed by atoms with Crippen LogP contribution in [-0.2, 0) is 16.1 Å². The summed E-state index contributed by atoms with van der Waals surface area (Å²) in [5.41, 5.74) is 3.39. The molecule has 0 radical (unpaired) electrons. The van der Waals surface area contributed by atoms with Crippen LogP contribution in [0.4, 0.5) is 0 Å². The first-order valence-corrected chi connectivity index (χ1v) is 12.1. The normalized spacial score (nSPS) is 17.3. The van der Waals surface area contributed by atoms with Gasteiger partial charge in [0.2, 0.25) is 0 Å². The summed E-state index contributed by atoms with van der Waals surface area (Å²) < 4.78 is 5.71. The first-order chi connectivity index (χ1) is 16.9. The highest BCUT2D eigenvalue weighted by atomic mass is 16.5. The lowest BCUT2D eigenvalue weighted by molar-refractivity contribution is -0.140. The topological polar surface area (TPSA) is 66.8 Å². The average molecular weight is 470 g/mol. The number of ether oxygens (including phenoxy) is 1. The van der Waals surface area contributed by atoms with Crippen LogP contribution in [0.5, 0.6) is 5.75 Å². The average Bonchev–Trinajstić information content (AvgIpc) is 3.12. The molecule has 3 aromatic rings. The summed E-state index contributed by atoms with van der Waals surface area (Å²) in [7, 11) is 0. The van der Waals surface area contributed by atoms with Crippen molar-refractivity contribution in [2.24, 2.45) is 0 Å². The lowest BCUT2D eigenvalue weighted by Crippen LogP contribution is -2.29. The van der Waals surface area contributed by atoms with E-state index < -0.39 is 17.7 Å². The summed E-state index contributed by atoms with van der Waals surface area (Å²) in [5.74, 6) is -0.542. The van der Waals surface area contributed by atoms with E-state index in [0.717, 1.165) is 23.1 Å². The quantitative estimate of drug-likeness (QED) is 0.242. The van der Waals surface area contributed by atoms with Crippen molar-refractivity contribution < 1.29 is 19.4 Å². The second kappa shape index (κ2) is 10.6. The molecule has 0 aliphatic carbocycles. The number of carbonyl (C=O) groups excluding carboxylic acids is 2. The van der Waals surface area contributed by atoms with Crippen LogP contribution in [0, 0.1) is 0 Å². The largest absolute Gasteiger partial charge is 0.507 e. The highest BCUT2D eigenvalue weighted by molar-refractivity contribution is 6.46. The van der Waals surface area contributed by atoms with Gasteiger partial charge in [-0.25, -0.2) is 0 Å². The third kappa shape index (κ3) is 5.14. The van der Waals surface area contributed by atoms with Crippen LogP contribution in [0.25, 0.3) is 5.76 Å². The Labute approximate surface area is 206 Å². The van der Waals surface area contributed by atoms with Crippen molar-refractivity contribution >= 4 is 17.4 Å². The molecule has 1 aliphatic rings. The molecule has 1 unspecified atom stereocenters. The number of ketones is 1. The summed E-state index contributed by atoms with van der Waals surface area (Å²) in [5, 5.41) is 11.3. The Morgan fingerprint density at radius 1 is 0.971 bits per heavy atom. The third-order valence-corrected chi connectivity index (χ3v) is 6.23. The van der Waals surface area contributed by atoms with E-state index in [-0.39, 0.29) is 17.9 Å². The first kappa shape index (κ1) is 24.3. The molecule has 3 aromatic carbocycles. The van der Waals surface area contributed by atoms with E-state index in [2.05, 4.69) is 13.8 Å². The number of benzene rings is 3. The number of hydrogen-bond donors (Lipinski definition) is 1. The molecule has 5 heteroatoms. The number of nitrogens with zero attached hydrogens (tertiary/aromatic N) is 1. The second-order valence-electron chi connectivity index (χ2n) is 9.11. The number of rotatable bonds is 8. The van der Waals surface area contributed by atoms with Crippen molar-refractivity contribution in [2.75, 3.05) is 6.61 Å². The Bertz CT molecular complexity index is 1230. The molecule has 0 aromatic heterocycles. The van der Waals surface area contributed by atoms with E-state index in [0.29, 0.717) is 23.8 Å². The first-order valence-electron chi connectivity index (χ1n) is 12.1. The van der Waals surface area contributed by atoms with Crippen LogP contribution in [0.2, 0.25) is 0 Å². The van der Waals surface area contributed by atoms with E-state index >= 15 is 0 Å². The van der Waals surface area contributed by atoms with E-state index in [1.807, 2.05) is 67.6 Å². The number of hydrogen-bond acceptors (Lipinski definition) is 4. The van der Waals surface area contributed by atoms with Gasteiger partial charge in [-0.1, -0.05) is 87.5 Å². The van der Waals surface area contributed by atoms with Gasteiger partial charge >= 0.3 is 0 Å². The summed E-state index contributed by atoms with van der Waals surface area (Å²) in [6.07, 6.45) is 0.854. The van der Waals surface area contributed by atoms with Gasteiger partial charge in [-0.15, -0.1) is 0 Å². The summed E-state index contributed by atoms with van der Waals surface area (Å²) in [6.45, 7) is 7.06. The van der Waals surface area contributed by atoms with Crippen molar-refractivity contribution in [1.82, 2.24) is 4.90 Å². The predicted molar refractivity (Wildman–Crippen MR) is 137 cm³/mol. The number of likely N-dealkylation sites (tertiary alicyclic amines) is 1. The zero-order valence-electron chi connectivity index (χ0n) is 20.4. The molecule has 1 aliphatic heterocycles. The summed E-state index contributed by atoms with van der Waals surface area (Å²) in [6, 6.07) is 23.8. The lowest BCUT2D eigenvalue weighted by atomic mass is 9.93. The Morgan fingerprint density at radius 2 is 1.69 bits per heavy atom. The van der Waals surface area contributed by atoms with Gasteiger partial charge in [0.1, 0.15) is 11.5 Å². The van der Waals surface area contributed by atoms with Crippen LogP contribution >= 0.6 is 0 Å². The standard InChI is InChI=1S/C30H31NO4/c1-4-17-35-25-12-8-11-24(18-25)28(32)26-27(23-15-13-22(14-16-23)20(2)3)31(30(34)29(26)33)19-21-9-6-5-7-10-21/h5-16,18,20,27,32H,4,17,19H2,1-3H3/b28-26+. The zero-order chi connectivity index (χ0) is 24.9. The molecule has 1 fully saturated rings. The third-order valence-electron chi connectivity index (χ3n) is 6.23. The molecule has 1 amide bonds. The fourth-order valence-electron chi connectivity index (χ4n) is 4.34. The number of aliphatic hydroxyl groups excluding tert-OH is 1. The van der Waals surface area contributed by atoms with E-state index in [1.165, 1.54) is 0 Å². The Kier molecular flexibility index (Phi) is 7.35. The van der Waals surface area contributed by atoms with Gasteiger partial charge in [0.25, 0.3) is 11.7 Å². The van der Waals surface area contributed by atoms with Crippen LogP contribution < -0.4 is 4.74 Å². The Balaban J connectivity index is 1.82. The molecule has 35 heavy (non-hydrogen) atoms. The monoisotopic (exact) mass is 469 g/mol. The van der Waals surface area contributed by atoms with Crippen molar-refractivity contribution in [3.63, 3.8) is 0 Å². The van der Waals surface area contributed by atoms with Crippen molar-refractivity contribution in [2.45, 2.75) is 45.7 Å². The molecule has 1 saturated heterocycles. The maximum atomic E-state index is 13.3. The molecule has 1 N–H and O–H groups in total. The number of aliphatic hydroxyl groups is 1. The number of Topliss-reactive ketones (excluding diaryl/α,β-unsaturated/α-hetero) is 1. The molecule has 4 rings (SSSR count). The smallest absolute Gasteiger partial charge is 0.295 e. The van der Waals surface area contributed by atoms with Crippen molar-refractivity contribution in [1.29, 1.82) is 0 Å². The molecule has 1 heterocycles. The van der Waals surface area contributed by atoms with Crippen molar-refractivity contribution in [3.8, 4) is 5.75 Å². The SMILES string of the molecule is CCCOc1cccc(/C(O)=C2\C(=O)C(=O)N(Cc3ccccc3)C2c2ccc(C(C)C)cc2)c1. The molecule has 5 nitrogen and oxygen atoms in total. The fraction of sp³-hybridized carbons (Fsp3) is 0.267. The van der Waals surface area contributed by atoms with Gasteiger partial charge in [-0.05, 0) is 41.2 Å². The van der Waals surface area contributed by atoms with Crippen molar-refractivity contribution in [3.05, 3.63) is 107 Å². The lowest BCUT2D eigenvalue weighted by Gasteiger charge is -2.26. The highest BCUT2D eigenvalue weighted by Crippen LogP contribution is 2.41. The summed E-state index contributed by atoms with van der Waals surface area (Å²) in [4.78, 5) is 28.1. The van der Waals surface area contributed by atoms with E-state index in [1.54, 1.807) is 23.1 Å². The van der Waals surface area contributed by atoms with E-state index in [4.69, 9.17) is 4.74 Å².